The predicted octanol–water partition coefficient (Wildman–Crippen LogP) is 3.16. The summed E-state index contributed by atoms with van der Waals surface area (Å²) in [6.45, 7) is 4.95. The minimum Gasteiger partial charge on any atom is -0.490 e. The Labute approximate surface area is 112 Å². The van der Waals surface area contributed by atoms with E-state index in [1.165, 1.54) is 12.5 Å². The van der Waals surface area contributed by atoms with Crippen molar-refractivity contribution in [2.24, 2.45) is 0 Å². The first-order valence-electron chi connectivity index (χ1n) is 6.36. The van der Waals surface area contributed by atoms with E-state index in [9.17, 15) is 5.11 Å². The highest BCUT2D eigenvalue weighted by molar-refractivity contribution is 5.45. The van der Waals surface area contributed by atoms with E-state index in [0.29, 0.717) is 30.3 Å². The number of benzene rings is 1. The van der Waals surface area contributed by atoms with Crippen molar-refractivity contribution in [3.05, 3.63) is 47.9 Å². The van der Waals surface area contributed by atoms with Crippen LogP contribution in [0.4, 0.5) is 0 Å². The van der Waals surface area contributed by atoms with Gasteiger partial charge >= 0.3 is 0 Å². The lowest BCUT2D eigenvalue weighted by Crippen LogP contribution is -2.02. The second kappa shape index (κ2) is 6.29. The van der Waals surface area contributed by atoms with Crippen molar-refractivity contribution in [3.8, 4) is 11.5 Å². The molecule has 0 spiro atoms. The van der Waals surface area contributed by atoms with Crippen LogP contribution in [0.3, 0.4) is 0 Å². The molecule has 1 aromatic heterocycles. The van der Waals surface area contributed by atoms with E-state index in [1.807, 2.05) is 26.0 Å². The summed E-state index contributed by atoms with van der Waals surface area (Å²) >= 11 is 0. The third kappa shape index (κ3) is 3.09. The van der Waals surface area contributed by atoms with Gasteiger partial charge in [-0.3, -0.25) is 0 Å². The maximum Gasteiger partial charge on any atom is 0.161 e. The normalized spacial score (nSPS) is 12.2. The molecule has 0 saturated carbocycles. The van der Waals surface area contributed by atoms with E-state index in [-0.39, 0.29) is 0 Å². The molecule has 2 aromatic rings. The van der Waals surface area contributed by atoms with Gasteiger partial charge < -0.3 is 19.0 Å². The molecule has 4 heteroatoms. The quantitative estimate of drug-likeness (QED) is 0.868. The van der Waals surface area contributed by atoms with Gasteiger partial charge in [-0.25, -0.2) is 0 Å². The summed E-state index contributed by atoms with van der Waals surface area (Å²) in [6, 6.07) is 7.17. The van der Waals surface area contributed by atoms with E-state index in [0.717, 1.165) is 5.56 Å². The van der Waals surface area contributed by atoms with E-state index in [2.05, 4.69) is 0 Å². The van der Waals surface area contributed by atoms with Gasteiger partial charge in [-0.2, -0.15) is 0 Å². The van der Waals surface area contributed by atoms with Gasteiger partial charge in [-0.1, -0.05) is 6.07 Å². The monoisotopic (exact) mass is 262 g/mol. The van der Waals surface area contributed by atoms with Crippen LogP contribution in [-0.2, 0) is 0 Å². The summed E-state index contributed by atoms with van der Waals surface area (Å²) in [5.74, 6) is 1.33. The SMILES string of the molecule is CCOc1ccc(C(O)c2ccoc2)cc1OCC. The molecule has 0 radical (unpaired) electrons. The van der Waals surface area contributed by atoms with Crippen LogP contribution in [0.1, 0.15) is 31.1 Å². The molecule has 4 nitrogen and oxygen atoms in total. The van der Waals surface area contributed by atoms with Crippen molar-refractivity contribution in [1.82, 2.24) is 0 Å². The lowest BCUT2D eigenvalue weighted by atomic mass is 10.0. The molecule has 2 rings (SSSR count). The van der Waals surface area contributed by atoms with Gasteiger partial charge in [0.15, 0.2) is 11.5 Å². The van der Waals surface area contributed by atoms with Gasteiger partial charge in [0.2, 0.25) is 0 Å². The average Bonchev–Trinajstić information content (AvgIpc) is 2.94. The highest BCUT2D eigenvalue weighted by Crippen LogP contribution is 2.32. The Kier molecular flexibility index (Phi) is 4.47. The van der Waals surface area contributed by atoms with Gasteiger partial charge in [0.25, 0.3) is 0 Å². The number of ether oxygens (including phenoxy) is 2. The summed E-state index contributed by atoms with van der Waals surface area (Å²) < 4.78 is 16.0. The summed E-state index contributed by atoms with van der Waals surface area (Å²) in [6.07, 6.45) is 2.34. The lowest BCUT2D eigenvalue weighted by Gasteiger charge is -2.14. The number of hydrogen-bond acceptors (Lipinski definition) is 4. The Morgan fingerprint density at radius 1 is 1.05 bits per heavy atom. The smallest absolute Gasteiger partial charge is 0.161 e. The fraction of sp³-hybridized carbons (Fsp3) is 0.333. The molecule has 0 bridgehead atoms. The molecule has 1 aromatic carbocycles. The zero-order valence-electron chi connectivity index (χ0n) is 11.1. The van der Waals surface area contributed by atoms with Crippen LogP contribution in [0.25, 0.3) is 0 Å². The van der Waals surface area contributed by atoms with Crippen molar-refractivity contribution in [3.63, 3.8) is 0 Å². The van der Waals surface area contributed by atoms with Gasteiger partial charge in [0, 0.05) is 5.56 Å². The minimum absolute atomic E-state index is 0.547. The van der Waals surface area contributed by atoms with Gasteiger partial charge in [-0.05, 0) is 37.6 Å². The third-order valence-corrected chi connectivity index (χ3v) is 2.74. The average molecular weight is 262 g/mol. The van der Waals surface area contributed by atoms with Gasteiger partial charge in [0.05, 0.1) is 25.7 Å². The van der Waals surface area contributed by atoms with Crippen LogP contribution in [0.2, 0.25) is 0 Å². The fourth-order valence-electron chi connectivity index (χ4n) is 1.86. The van der Waals surface area contributed by atoms with Crippen LogP contribution in [0.15, 0.2) is 41.2 Å². The summed E-state index contributed by atoms with van der Waals surface area (Å²) in [7, 11) is 0. The zero-order valence-corrected chi connectivity index (χ0v) is 11.1. The molecule has 0 saturated heterocycles. The van der Waals surface area contributed by atoms with Crippen molar-refractivity contribution < 1.29 is 19.0 Å². The first kappa shape index (κ1) is 13.5. The number of aliphatic hydroxyl groups is 1. The molecule has 1 heterocycles. The van der Waals surface area contributed by atoms with Crippen LogP contribution in [-0.4, -0.2) is 18.3 Å². The summed E-state index contributed by atoms with van der Waals surface area (Å²) in [4.78, 5) is 0. The van der Waals surface area contributed by atoms with Crippen molar-refractivity contribution in [1.29, 1.82) is 0 Å². The fourth-order valence-corrected chi connectivity index (χ4v) is 1.86. The predicted molar refractivity (Wildman–Crippen MR) is 71.5 cm³/mol. The summed E-state index contributed by atoms with van der Waals surface area (Å²) in [5.41, 5.74) is 1.46. The molecular formula is C15H18O4. The molecule has 1 atom stereocenters. The topological polar surface area (TPSA) is 51.8 Å². The molecule has 102 valence electrons. The largest absolute Gasteiger partial charge is 0.490 e. The van der Waals surface area contributed by atoms with E-state index in [1.54, 1.807) is 12.1 Å². The second-order valence-corrected chi connectivity index (χ2v) is 4.03. The van der Waals surface area contributed by atoms with Crippen LogP contribution in [0, 0.1) is 0 Å². The van der Waals surface area contributed by atoms with Crippen molar-refractivity contribution in [2.45, 2.75) is 20.0 Å². The van der Waals surface area contributed by atoms with Gasteiger partial charge in [0.1, 0.15) is 6.10 Å². The lowest BCUT2D eigenvalue weighted by molar-refractivity contribution is 0.217. The van der Waals surface area contributed by atoms with E-state index in [4.69, 9.17) is 13.9 Å². The van der Waals surface area contributed by atoms with Crippen LogP contribution >= 0.6 is 0 Å². The molecule has 1 N–H and O–H groups in total. The number of rotatable bonds is 6. The van der Waals surface area contributed by atoms with Crippen molar-refractivity contribution in [2.75, 3.05) is 13.2 Å². The van der Waals surface area contributed by atoms with E-state index < -0.39 is 6.10 Å². The molecule has 0 fully saturated rings. The second-order valence-electron chi connectivity index (χ2n) is 4.03. The Balaban J connectivity index is 2.29. The van der Waals surface area contributed by atoms with Crippen LogP contribution < -0.4 is 9.47 Å². The molecule has 19 heavy (non-hydrogen) atoms. The maximum absolute atomic E-state index is 10.2. The maximum atomic E-state index is 10.2. The Morgan fingerprint density at radius 3 is 2.42 bits per heavy atom. The van der Waals surface area contributed by atoms with Crippen LogP contribution in [0.5, 0.6) is 11.5 Å². The number of hydrogen-bond donors (Lipinski definition) is 1. The number of aliphatic hydroxyl groups excluding tert-OH is 1. The first-order chi connectivity index (χ1) is 9.26. The summed E-state index contributed by atoms with van der Waals surface area (Å²) in [5, 5.41) is 10.2. The molecule has 0 aliphatic carbocycles. The molecular weight excluding hydrogens is 244 g/mol. The Hall–Kier alpha value is -1.94. The highest BCUT2D eigenvalue weighted by Gasteiger charge is 2.14. The minimum atomic E-state index is -0.728. The Morgan fingerprint density at radius 2 is 1.79 bits per heavy atom. The molecule has 0 amide bonds. The molecule has 1 unspecified atom stereocenters. The van der Waals surface area contributed by atoms with Gasteiger partial charge in [-0.15, -0.1) is 0 Å². The molecule has 0 aliphatic heterocycles. The highest BCUT2D eigenvalue weighted by atomic mass is 16.5. The number of furan rings is 1. The van der Waals surface area contributed by atoms with Crippen molar-refractivity contribution >= 4 is 0 Å². The standard InChI is InChI=1S/C15H18O4/c1-3-18-13-6-5-11(9-14(13)19-4-2)15(16)12-7-8-17-10-12/h5-10,15-16H,3-4H2,1-2H3. The molecule has 0 aliphatic rings. The third-order valence-electron chi connectivity index (χ3n) is 2.74. The first-order valence-corrected chi connectivity index (χ1v) is 6.36. The Bertz CT molecular complexity index is 505. The van der Waals surface area contributed by atoms with E-state index >= 15 is 0 Å². The zero-order chi connectivity index (χ0) is 13.7.